The fourth-order valence-electron chi connectivity index (χ4n) is 2.71. The van der Waals surface area contributed by atoms with Crippen LogP contribution in [0.25, 0.3) is 0 Å². The second-order valence-electron chi connectivity index (χ2n) is 5.11. The van der Waals surface area contributed by atoms with Gasteiger partial charge in [0.05, 0.1) is 5.56 Å². The quantitative estimate of drug-likeness (QED) is 0.742. The third-order valence-corrected chi connectivity index (χ3v) is 4.56. The maximum absolute atomic E-state index is 12.7. The van der Waals surface area contributed by atoms with E-state index in [1.807, 2.05) is 30.0 Å². The number of carbonyl (C=O) groups excluding carboxylic acids is 1. The van der Waals surface area contributed by atoms with E-state index in [1.54, 1.807) is 0 Å². The first-order chi connectivity index (χ1) is 9.13. The van der Waals surface area contributed by atoms with E-state index < -0.39 is 0 Å². The molecule has 2 nitrogen and oxygen atoms in total. The number of amides is 1. The summed E-state index contributed by atoms with van der Waals surface area (Å²) < 4.78 is 0.862. The average Bonchev–Trinajstić information content (AvgIpc) is 2.92. The smallest absolute Gasteiger partial charge is 0.255 e. The van der Waals surface area contributed by atoms with Crippen LogP contribution in [0.5, 0.6) is 0 Å². The number of hydrogen-bond acceptors (Lipinski definition) is 1. The Bertz CT molecular complexity index is 457. The summed E-state index contributed by atoms with van der Waals surface area (Å²) in [6.07, 6.45) is 4.63. The molecule has 0 aliphatic heterocycles. The molecule has 1 aliphatic rings. The summed E-state index contributed by atoms with van der Waals surface area (Å²) in [7, 11) is 0. The van der Waals surface area contributed by atoms with Crippen LogP contribution in [0.3, 0.4) is 0 Å². The second-order valence-corrected chi connectivity index (χ2v) is 6.34. The Morgan fingerprint density at radius 3 is 2.74 bits per heavy atom. The number of rotatable bonds is 4. The SMILES string of the molecule is Cc1ccc(Br)c(C(=O)N(CCCl)C2CCCC2)c1. The molecule has 1 fully saturated rings. The van der Waals surface area contributed by atoms with Gasteiger partial charge in [-0.2, -0.15) is 0 Å². The molecule has 0 atom stereocenters. The van der Waals surface area contributed by atoms with Crippen molar-refractivity contribution in [1.82, 2.24) is 4.90 Å². The lowest BCUT2D eigenvalue weighted by Crippen LogP contribution is -2.40. The standard InChI is InChI=1S/C15H19BrClNO/c1-11-6-7-14(16)13(10-11)15(19)18(9-8-17)12-4-2-3-5-12/h6-7,10,12H,2-5,8-9H2,1H3. The minimum atomic E-state index is 0.100. The maximum atomic E-state index is 12.7. The predicted octanol–water partition coefficient (Wildman–Crippen LogP) is 4.38. The van der Waals surface area contributed by atoms with Crippen LogP contribution in [0.2, 0.25) is 0 Å². The molecule has 0 N–H and O–H groups in total. The highest BCUT2D eigenvalue weighted by Crippen LogP contribution is 2.27. The van der Waals surface area contributed by atoms with Crippen molar-refractivity contribution in [2.75, 3.05) is 12.4 Å². The zero-order valence-corrected chi connectivity index (χ0v) is 13.5. The van der Waals surface area contributed by atoms with Gasteiger partial charge in [0.25, 0.3) is 5.91 Å². The monoisotopic (exact) mass is 343 g/mol. The number of benzene rings is 1. The van der Waals surface area contributed by atoms with Crippen LogP contribution in [0, 0.1) is 6.92 Å². The number of aryl methyl sites for hydroxylation is 1. The van der Waals surface area contributed by atoms with Crippen molar-refractivity contribution in [3.05, 3.63) is 33.8 Å². The molecule has 0 unspecified atom stereocenters. The van der Waals surface area contributed by atoms with Gasteiger partial charge in [0.1, 0.15) is 0 Å². The first kappa shape index (κ1) is 14.9. The number of alkyl halides is 1. The van der Waals surface area contributed by atoms with E-state index in [2.05, 4.69) is 15.9 Å². The third kappa shape index (κ3) is 3.51. The molecule has 1 aromatic rings. The molecule has 1 saturated carbocycles. The van der Waals surface area contributed by atoms with Crippen LogP contribution >= 0.6 is 27.5 Å². The van der Waals surface area contributed by atoms with Gasteiger partial charge in [-0.3, -0.25) is 4.79 Å². The lowest BCUT2D eigenvalue weighted by molar-refractivity contribution is 0.0694. The van der Waals surface area contributed by atoms with E-state index in [-0.39, 0.29) is 5.91 Å². The highest BCUT2D eigenvalue weighted by atomic mass is 79.9. The van der Waals surface area contributed by atoms with Gasteiger partial charge in [-0.15, -0.1) is 11.6 Å². The van der Waals surface area contributed by atoms with E-state index in [9.17, 15) is 4.79 Å². The topological polar surface area (TPSA) is 20.3 Å². The Morgan fingerprint density at radius 1 is 1.42 bits per heavy atom. The molecule has 2 rings (SSSR count). The summed E-state index contributed by atoms with van der Waals surface area (Å²) in [6.45, 7) is 2.64. The van der Waals surface area contributed by atoms with Crippen LogP contribution in [-0.2, 0) is 0 Å². The minimum absolute atomic E-state index is 0.100. The lowest BCUT2D eigenvalue weighted by atomic mass is 10.1. The van der Waals surface area contributed by atoms with Crippen LogP contribution in [0.4, 0.5) is 0 Å². The highest BCUT2D eigenvalue weighted by Gasteiger charge is 2.27. The van der Waals surface area contributed by atoms with Gasteiger partial charge in [0.15, 0.2) is 0 Å². The van der Waals surface area contributed by atoms with Gasteiger partial charge >= 0.3 is 0 Å². The molecule has 0 saturated heterocycles. The van der Waals surface area contributed by atoms with Gasteiger partial charge in [0.2, 0.25) is 0 Å². The molecular formula is C15H19BrClNO. The summed E-state index contributed by atoms with van der Waals surface area (Å²) in [5.74, 6) is 0.592. The summed E-state index contributed by atoms with van der Waals surface area (Å²) in [4.78, 5) is 14.7. The van der Waals surface area contributed by atoms with Crippen molar-refractivity contribution >= 4 is 33.4 Å². The third-order valence-electron chi connectivity index (χ3n) is 3.70. The van der Waals surface area contributed by atoms with Crippen molar-refractivity contribution in [1.29, 1.82) is 0 Å². The molecule has 104 valence electrons. The van der Waals surface area contributed by atoms with Crippen LogP contribution in [0.15, 0.2) is 22.7 Å². The van der Waals surface area contributed by atoms with Gasteiger partial charge in [-0.25, -0.2) is 0 Å². The van der Waals surface area contributed by atoms with Crippen LogP contribution in [0.1, 0.15) is 41.6 Å². The van der Waals surface area contributed by atoms with E-state index >= 15 is 0 Å². The average molecular weight is 345 g/mol. The number of halogens is 2. The fraction of sp³-hybridized carbons (Fsp3) is 0.533. The summed E-state index contributed by atoms with van der Waals surface area (Å²) in [5.41, 5.74) is 1.85. The van der Waals surface area contributed by atoms with Crippen molar-refractivity contribution in [3.63, 3.8) is 0 Å². The zero-order valence-electron chi connectivity index (χ0n) is 11.2. The molecule has 0 bridgehead atoms. The van der Waals surface area contributed by atoms with E-state index in [4.69, 9.17) is 11.6 Å². The number of hydrogen-bond donors (Lipinski definition) is 0. The Kier molecular flexibility index (Phi) is 5.28. The van der Waals surface area contributed by atoms with Crippen molar-refractivity contribution in [2.45, 2.75) is 38.6 Å². The van der Waals surface area contributed by atoms with E-state index in [0.29, 0.717) is 18.5 Å². The number of nitrogens with zero attached hydrogens (tertiary/aromatic N) is 1. The Morgan fingerprint density at radius 2 is 2.11 bits per heavy atom. The van der Waals surface area contributed by atoms with Crippen LogP contribution < -0.4 is 0 Å². The highest BCUT2D eigenvalue weighted by molar-refractivity contribution is 9.10. The molecule has 1 amide bonds. The maximum Gasteiger partial charge on any atom is 0.255 e. The largest absolute Gasteiger partial charge is 0.334 e. The van der Waals surface area contributed by atoms with E-state index in [1.165, 1.54) is 12.8 Å². The molecule has 19 heavy (non-hydrogen) atoms. The Hall–Kier alpha value is -0.540. The first-order valence-corrected chi connectivity index (χ1v) is 8.09. The molecule has 0 spiro atoms. The van der Waals surface area contributed by atoms with Crippen molar-refractivity contribution < 1.29 is 4.79 Å². The summed E-state index contributed by atoms with van der Waals surface area (Å²) in [5, 5.41) is 0. The van der Waals surface area contributed by atoms with Crippen molar-refractivity contribution in [2.24, 2.45) is 0 Å². The van der Waals surface area contributed by atoms with Gasteiger partial charge in [0, 0.05) is 22.9 Å². The normalized spacial score (nSPS) is 15.7. The number of carbonyl (C=O) groups is 1. The van der Waals surface area contributed by atoms with E-state index in [0.717, 1.165) is 28.4 Å². The van der Waals surface area contributed by atoms with Gasteiger partial charge < -0.3 is 4.90 Å². The van der Waals surface area contributed by atoms with Gasteiger partial charge in [-0.1, -0.05) is 24.5 Å². The Balaban J connectivity index is 2.25. The minimum Gasteiger partial charge on any atom is -0.334 e. The first-order valence-electron chi connectivity index (χ1n) is 6.76. The molecule has 1 aromatic carbocycles. The molecule has 0 heterocycles. The molecule has 0 radical (unpaired) electrons. The molecule has 4 heteroatoms. The van der Waals surface area contributed by atoms with Crippen LogP contribution in [-0.4, -0.2) is 29.3 Å². The fourth-order valence-corrected chi connectivity index (χ4v) is 3.31. The summed E-state index contributed by atoms with van der Waals surface area (Å²) >= 11 is 9.35. The molecule has 1 aliphatic carbocycles. The van der Waals surface area contributed by atoms with Crippen molar-refractivity contribution in [3.8, 4) is 0 Å². The lowest BCUT2D eigenvalue weighted by Gasteiger charge is -2.29. The van der Waals surface area contributed by atoms with Gasteiger partial charge in [-0.05, 0) is 47.8 Å². The zero-order chi connectivity index (χ0) is 13.8. The summed E-state index contributed by atoms with van der Waals surface area (Å²) in [6, 6.07) is 6.25. The second kappa shape index (κ2) is 6.76. The Labute approximate surface area is 128 Å². The molecule has 0 aromatic heterocycles. The predicted molar refractivity (Wildman–Crippen MR) is 82.9 cm³/mol. The molecular weight excluding hydrogens is 326 g/mol.